The summed E-state index contributed by atoms with van der Waals surface area (Å²) in [5.41, 5.74) is -1.99. The van der Waals surface area contributed by atoms with Gasteiger partial charge in [0.05, 0.1) is 16.5 Å². The number of benzene rings is 2. The zero-order valence-corrected chi connectivity index (χ0v) is 14.0. The predicted molar refractivity (Wildman–Crippen MR) is 82.8 cm³/mol. The maximum atomic E-state index is 14.3. The molecule has 0 aromatic heterocycles. The summed E-state index contributed by atoms with van der Waals surface area (Å²) >= 11 is 0. The van der Waals surface area contributed by atoms with Gasteiger partial charge in [-0.05, 0) is 24.3 Å². The summed E-state index contributed by atoms with van der Waals surface area (Å²) in [6.07, 6.45) is -5.87. The number of hydrogen-bond acceptors (Lipinski definition) is 5. The van der Waals surface area contributed by atoms with Crippen molar-refractivity contribution >= 4 is 10.0 Å². The van der Waals surface area contributed by atoms with Gasteiger partial charge in [0.2, 0.25) is 10.0 Å². The van der Waals surface area contributed by atoms with Gasteiger partial charge in [-0.15, -0.1) is 0 Å². The first-order valence-corrected chi connectivity index (χ1v) is 8.79. The Kier molecular flexibility index (Phi) is 4.38. The van der Waals surface area contributed by atoms with Crippen LogP contribution < -0.4 is 9.88 Å². The summed E-state index contributed by atoms with van der Waals surface area (Å²) in [4.78, 5) is -0.880. The van der Waals surface area contributed by atoms with Crippen LogP contribution in [0.1, 0.15) is 29.0 Å². The van der Waals surface area contributed by atoms with Gasteiger partial charge in [-0.3, -0.25) is 0 Å². The van der Waals surface area contributed by atoms with E-state index in [0.29, 0.717) is 0 Å². The largest absolute Gasteiger partial charge is 0.457 e. The van der Waals surface area contributed by atoms with Gasteiger partial charge in [0.25, 0.3) is 0 Å². The third kappa shape index (κ3) is 3.12. The summed E-state index contributed by atoms with van der Waals surface area (Å²) in [6, 6.07) is 6.05. The molecule has 27 heavy (non-hydrogen) atoms. The van der Waals surface area contributed by atoms with E-state index in [-0.39, 0.29) is 11.3 Å². The van der Waals surface area contributed by atoms with E-state index in [4.69, 9.17) is 15.1 Å². The summed E-state index contributed by atoms with van der Waals surface area (Å²) in [7, 11) is -4.56. The van der Waals surface area contributed by atoms with Gasteiger partial charge in [0.15, 0.2) is 6.17 Å². The molecular formula is C16H10F4N2O4S. The van der Waals surface area contributed by atoms with Gasteiger partial charge in [-0.25, -0.2) is 22.3 Å². The maximum Gasteiger partial charge on any atom is 0.312 e. The molecule has 0 radical (unpaired) electrons. The Morgan fingerprint density at radius 1 is 1.22 bits per heavy atom. The van der Waals surface area contributed by atoms with Gasteiger partial charge in [-0.1, -0.05) is 0 Å². The van der Waals surface area contributed by atoms with Crippen molar-refractivity contribution in [1.82, 2.24) is 0 Å². The number of aliphatic hydroxyl groups is 1. The zero-order chi connectivity index (χ0) is 20.1. The van der Waals surface area contributed by atoms with E-state index in [1.54, 1.807) is 6.07 Å². The highest BCUT2D eigenvalue weighted by molar-refractivity contribution is 7.89. The molecule has 0 unspecified atom stereocenters. The molecule has 142 valence electrons. The fourth-order valence-electron chi connectivity index (χ4n) is 2.81. The lowest BCUT2D eigenvalue weighted by atomic mass is 10.1. The van der Waals surface area contributed by atoms with Crippen molar-refractivity contribution in [1.29, 1.82) is 5.26 Å². The SMILES string of the molecule is N#Cc1cc(F)cc(Oc2ccc(S(N)(=O)=O)c3c2[C@@H](F)C(F)(F)[C@H]3O)c1. The number of hydrogen-bond donors (Lipinski definition) is 2. The van der Waals surface area contributed by atoms with Crippen LogP contribution in [0, 0.1) is 17.1 Å². The molecule has 3 N–H and O–H groups in total. The highest BCUT2D eigenvalue weighted by atomic mass is 32.2. The van der Waals surface area contributed by atoms with Crippen LogP contribution >= 0.6 is 0 Å². The molecule has 0 fully saturated rings. The second-order valence-electron chi connectivity index (χ2n) is 5.76. The molecule has 1 aliphatic carbocycles. The van der Waals surface area contributed by atoms with E-state index in [9.17, 15) is 31.1 Å². The van der Waals surface area contributed by atoms with Crippen LogP contribution in [0.2, 0.25) is 0 Å². The Morgan fingerprint density at radius 2 is 1.89 bits per heavy atom. The average molecular weight is 402 g/mol. The summed E-state index contributed by atoms with van der Waals surface area (Å²) in [5, 5.41) is 23.6. The van der Waals surface area contributed by atoms with Gasteiger partial charge in [0.1, 0.15) is 23.4 Å². The molecule has 0 spiro atoms. The third-order valence-corrected chi connectivity index (χ3v) is 4.94. The van der Waals surface area contributed by atoms with Crippen molar-refractivity contribution < 1.29 is 35.8 Å². The Labute approximate surface area is 150 Å². The lowest BCUT2D eigenvalue weighted by Gasteiger charge is -2.16. The fraction of sp³-hybridized carbons (Fsp3) is 0.188. The van der Waals surface area contributed by atoms with Crippen molar-refractivity contribution in [2.24, 2.45) is 5.14 Å². The van der Waals surface area contributed by atoms with Crippen LogP contribution in [0.5, 0.6) is 11.5 Å². The molecule has 3 rings (SSSR count). The molecule has 0 aliphatic heterocycles. The number of alkyl halides is 3. The van der Waals surface area contributed by atoms with Crippen LogP contribution in [-0.2, 0) is 10.0 Å². The molecular weight excluding hydrogens is 392 g/mol. The second-order valence-corrected chi connectivity index (χ2v) is 7.29. The number of nitrogens with zero attached hydrogens (tertiary/aromatic N) is 1. The van der Waals surface area contributed by atoms with Crippen LogP contribution in [0.15, 0.2) is 35.2 Å². The number of nitriles is 1. The van der Waals surface area contributed by atoms with Gasteiger partial charge < -0.3 is 9.84 Å². The van der Waals surface area contributed by atoms with Crippen molar-refractivity contribution in [3.63, 3.8) is 0 Å². The number of ether oxygens (including phenoxy) is 1. The molecule has 2 atom stereocenters. The number of rotatable bonds is 3. The molecule has 2 aromatic rings. The minimum atomic E-state index is -4.56. The number of primary sulfonamides is 1. The molecule has 0 amide bonds. The van der Waals surface area contributed by atoms with Gasteiger partial charge in [0, 0.05) is 17.2 Å². The van der Waals surface area contributed by atoms with E-state index in [0.717, 1.165) is 30.3 Å². The van der Waals surface area contributed by atoms with Gasteiger partial charge in [-0.2, -0.15) is 14.0 Å². The van der Waals surface area contributed by atoms with Crippen molar-refractivity contribution in [2.45, 2.75) is 23.1 Å². The Bertz CT molecular complexity index is 1080. The third-order valence-electron chi connectivity index (χ3n) is 3.97. The first-order valence-electron chi connectivity index (χ1n) is 7.25. The quantitative estimate of drug-likeness (QED) is 0.767. The van der Waals surface area contributed by atoms with E-state index >= 15 is 0 Å². The predicted octanol–water partition coefficient (Wildman–Crippen LogP) is 2.83. The van der Waals surface area contributed by atoms with Crippen molar-refractivity contribution in [3.8, 4) is 17.6 Å². The lowest BCUT2D eigenvalue weighted by Crippen LogP contribution is -2.25. The number of nitrogens with two attached hydrogens (primary N) is 1. The monoisotopic (exact) mass is 402 g/mol. The topological polar surface area (TPSA) is 113 Å². The highest BCUT2D eigenvalue weighted by Gasteiger charge is 2.59. The van der Waals surface area contributed by atoms with Crippen molar-refractivity contribution in [3.05, 3.63) is 52.8 Å². The second kappa shape index (κ2) is 6.19. The van der Waals surface area contributed by atoms with Crippen LogP contribution in [0.3, 0.4) is 0 Å². The summed E-state index contributed by atoms with van der Waals surface area (Å²) in [6.45, 7) is 0. The first-order chi connectivity index (χ1) is 12.5. The lowest BCUT2D eigenvalue weighted by molar-refractivity contribution is -0.143. The Morgan fingerprint density at radius 3 is 2.48 bits per heavy atom. The van der Waals surface area contributed by atoms with Gasteiger partial charge >= 0.3 is 5.92 Å². The molecule has 0 heterocycles. The fourth-order valence-corrected chi connectivity index (χ4v) is 3.60. The van der Waals surface area contributed by atoms with E-state index in [2.05, 4.69) is 0 Å². The average Bonchev–Trinajstić information content (AvgIpc) is 2.75. The first kappa shape index (κ1) is 19.1. The molecule has 1 aliphatic rings. The van der Waals surface area contributed by atoms with Crippen LogP contribution in [-0.4, -0.2) is 19.4 Å². The smallest absolute Gasteiger partial charge is 0.312 e. The summed E-state index contributed by atoms with van der Waals surface area (Å²) in [5.74, 6) is -6.09. The molecule has 0 bridgehead atoms. The van der Waals surface area contributed by atoms with Crippen LogP contribution in [0.4, 0.5) is 17.6 Å². The molecule has 0 saturated carbocycles. The zero-order valence-electron chi connectivity index (χ0n) is 13.2. The van der Waals surface area contributed by atoms with E-state index < -0.39 is 55.8 Å². The number of sulfonamides is 1. The number of aliphatic hydroxyl groups excluding tert-OH is 1. The van der Waals surface area contributed by atoms with E-state index in [1.807, 2.05) is 0 Å². The van der Waals surface area contributed by atoms with Crippen molar-refractivity contribution in [2.75, 3.05) is 0 Å². The van der Waals surface area contributed by atoms with E-state index in [1.165, 1.54) is 0 Å². The maximum absolute atomic E-state index is 14.3. The molecule has 11 heteroatoms. The van der Waals surface area contributed by atoms with Crippen LogP contribution in [0.25, 0.3) is 0 Å². The molecule has 2 aromatic carbocycles. The minimum absolute atomic E-state index is 0.148. The highest BCUT2D eigenvalue weighted by Crippen LogP contribution is 2.57. The Hall–Kier alpha value is -2.68. The summed E-state index contributed by atoms with van der Waals surface area (Å²) < 4.78 is 84.3. The minimum Gasteiger partial charge on any atom is -0.457 e. The Balaban J connectivity index is 2.21. The number of fused-ring (bicyclic) bond motifs is 1. The normalized spacial score (nSPS) is 20.8. The molecule has 0 saturated heterocycles. The number of halogens is 4. The molecule has 6 nitrogen and oxygen atoms in total. The standard InChI is InChI=1S/C16H10F4N2O4S/c17-8-3-7(6-21)4-9(5-8)26-10-1-2-11(27(22,24)25)13-12(10)14(18)16(19,20)15(13)23/h1-5,14-15,23H,(H2,22,24,25)/t14-,15+/m1/s1.